The van der Waals surface area contributed by atoms with E-state index in [4.69, 9.17) is 0 Å². The number of hydrogen-bond acceptors (Lipinski definition) is 5. The van der Waals surface area contributed by atoms with Crippen molar-refractivity contribution in [2.75, 3.05) is 18.4 Å². The van der Waals surface area contributed by atoms with Gasteiger partial charge in [0.2, 0.25) is 0 Å². The van der Waals surface area contributed by atoms with Crippen molar-refractivity contribution < 1.29 is 9.59 Å². The monoisotopic (exact) mass is 410 g/mol. The smallest absolute Gasteiger partial charge is 0.257 e. The first-order valence-electron chi connectivity index (χ1n) is 9.46. The summed E-state index contributed by atoms with van der Waals surface area (Å²) in [7, 11) is 0. The summed E-state index contributed by atoms with van der Waals surface area (Å²) in [5, 5.41) is 4.14. The van der Waals surface area contributed by atoms with Crippen molar-refractivity contribution in [3.63, 3.8) is 0 Å². The summed E-state index contributed by atoms with van der Waals surface area (Å²) < 4.78 is 0. The normalized spacial score (nSPS) is 13.2. The van der Waals surface area contributed by atoms with Gasteiger partial charge in [-0.2, -0.15) is 0 Å². The molecule has 0 unspecified atom stereocenters. The zero-order valence-electron chi connectivity index (χ0n) is 16.4. The van der Waals surface area contributed by atoms with Crippen molar-refractivity contribution >= 4 is 46.5 Å². The fourth-order valence-electron chi connectivity index (χ4n) is 3.52. The van der Waals surface area contributed by atoms with E-state index in [9.17, 15) is 9.59 Å². The molecule has 0 bridgehead atoms. The first kappa shape index (κ1) is 20.7. The Bertz CT molecular complexity index is 1080. The van der Waals surface area contributed by atoms with Crippen molar-refractivity contribution in [2.45, 2.75) is 26.7 Å². The zero-order valence-corrected chi connectivity index (χ0v) is 17.3. The number of hydrogen-bond donors (Lipinski definition) is 1. The van der Waals surface area contributed by atoms with Crippen LogP contribution in [-0.2, 0) is 0 Å². The second kappa shape index (κ2) is 8.57. The number of aromatic nitrogens is 2. The molecule has 0 radical (unpaired) electrons. The molecule has 3 heterocycles. The number of carbonyl (C=O) groups excluding carboxylic acids is 2. The minimum absolute atomic E-state index is 0. The lowest BCUT2D eigenvalue weighted by Gasteiger charge is -2.19. The van der Waals surface area contributed by atoms with E-state index in [0.29, 0.717) is 22.5 Å². The average Bonchev–Trinajstić information content (AvgIpc) is 3.22. The number of rotatable bonds is 4. The van der Waals surface area contributed by atoms with Crippen LogP contribution in [0.15, 0.2) is 42.6 Å². The molecule has 1 fully saturated rings. The van der Waals surface area contributed by atoms with Crippen molar-refractivity contribution in [2.24, 2.45) is 0 Å². The summed E-state index contributed by atoms with van der Waals surface area (Å²) in [6, 6.07) is 11.1. The second-order valence-electron chi connectivity index (χ2n) is 7.13. The average molecular weight is 411 g/mol. The number of pyridine rings is 2. The molecule has 1 aliphatic heterocycles. The van der Waals surface area contributed by atoms with Gasteiger partial charge in [0, 0.05) is 41.6 Å². The Morgan fingerprint density at radius 3 is 2.59 bits per heavy atom. The van der Waals surface area contributed by atoms with E-state index in [1.54, 1.807) is 18.3 Å². The Labute approximate surface area is 175 Å². The van der Waals surface area contributed by atoms with Crippen LogP contribution in [0.25, 0.3) is 11.0 Å². The van der Waals surface area contributed by atoms with E-state index in [0.717, 1.165) is 42.7 Å². The highest BCUT2D eigenvalue weighted by Crippen LogP contribution is 2.30. The van der Waals surface area contributed by atoms with Crippen molar-refractivity contribution in [1.82, 2.24) is 14.9 Å². The van der Waals surface area contributed by atoms with Crippen LogP contribution in [0, 0.1) is 6.92 Å². The Hall–Kier alpha value is -2.99. The van der Waals surface area contributed by atoms with Gasteiger partial charge in [0.25, 0.3) is 5.91 Å². The number of nitrogens with one attached hydrogen (secondary N) is 1. The number of benzene rings is 1. The lowest BCUT2D eigenvalue weighted by atomic mass is 10.1. The van der Waals surface area contributed by atoms with Crippen molar-refractivity contribution in [3.05, 3.63) is 59.4 Å². The molecule has 150 valence electrons. The van der Waals surface area contributed by atoms with Gasteiger partial charge in [-0.1, -0.05) is 12.1 Å². The molecule has 0 spiro atoms. The third kappa shape index (κ3) is 4.22. The van der Waals surface area contributed by atoms with Crippen LogP contribution in [0.2, 0.25) is 0 Å². The Morgan fingerprint density at radius 2 is 1.86 bits per heavy atom. The molecule has 1 aliphatic rings. The Kier molecular flexibility index (Phi) is 6.13. The SMILES string of the molecule is CC(=O)c1cccc(Nc2c(C(=O)N3CCCC3)cnc3nc(C)ccc23)c1.Cl. The minimum Gasteiger partial charge on any atom is -0.354 e. The minimum atomic E-state index is -0.0299. The van der Waals surface area contributed by atoms with Crippen LogP contribution in [-0.4, -0.2) is 39.6 Å². The third-order valence-electron chi connectivity index (χ3n) is 5.03. The quantitative estimate of drug-likeness (QED) is 0.639. The number of fused-ring (bicyclic) bond motifs is 1. The maximum atomic E-state index is 13.1. The molecule has 4 rings (SSSR count). The summed E-state index contributed by atoms with van der Waals surface area (Å²) in [6.45, 7) is 4.98. The number of carbonyl (C=O) groups is 2. The first-order chi connectivity index (χ1) is 13.5. The third-order valence-corrected chi connectivity index (χ3v) is 5.03. The van der Waals surface area contributed by atoms with Gasteiger partial charge in [0.15, 0.2) is 11.4 Å². The predicted molar refractivity (Wildman–Crippen MR) is 116 cm³/mol. The van der Waals surface area contributed by atoms with Gasteiger partial charge in [-0.3, -0.25) is 9.59 Å². The van der Waals surface area contributed by atoms with E-state index in [-0.39, 0.29) is 24.1 Å². The van der Waals surface area contributed by atoms with Crippen molar-refractivity contribution in [1.29, 1.82) is 0 Å². The van der Waals surface area contributed by atoms with Gasteiger partial charge in [0.1, 0.15) is 0 Å². The highest BCUT2D eigenvalue weighted by Gasteiger charge is 2.24. The first-order valence-corrected chi connectivity index (χ1v) is 9.46. The lowest BCUT2D eigenvalue weighted by Crippen LogP contribution is -2.28. The van der Waals surface area contributed by atoms with E-state index < -0.39 is 0 Å². The molecule has 6 nitrogen and oxygen atoms in total. The molecule has 1 saturated heterocycles. The second-order valence-corrected chi connectivity index (χ2v) is 7.13. The predicted octanol–water partition coefficient (Wildman–Crippen LogP) is 4.54. The van der Waals surface area contributed by atoms with Gasteiger partial charge in [-0.05, 0) is 51.0 Å². The van der Waals surface area contributed by atoms with Gasteiger partial charge in [-0.25, -0.2) is 9.97 Å². The number of amides is 1. The molecule has 0 atom stereocenters. The zero-order chi connectivity index (χ0) is 19.7. The maximum Gasteiger partial charge on any atom is 0.257 e. The molecule has 1 aromatic carbocycles. The lowest BCUT2D eigenvalue weighted by molar-refractivity contribution is 0.0793. The number of Topliss-reactive ketones (excluding diaryl/α,β-unsaturated/α-hetero) is 1. The highest BCUT2D eigenvalue weighted by molar-refractivity contribution is 6.07. The fourth-order valence-corrected chi connectivity index (χ4v) is 3.52. The van der Waals surface area contributed by atoms with E-state index >= 15 is 0 Å². The van der Waals surface area contributed by atoms with Crippen molar-refractivity contribution in [3.8, 4) is 0 Å². The summed E-state index contributed by atoms with van der Waals surface area (Å²) in [5.41, 5.74) is 4.01. The van der Waals surface area contributed by atoms with Gasteiger partial charge >= 0.3 is 0 Å². The van der Waals surface area contributed by atoms with Crippen LogP contribution in [0.5, 0.6) is 0 Å². The topological polar surface area (TPSA) is 75.2 Å². The largest absolute Gasteiger partial charge is 0.354 e. The van der Waals surface area contributed by atoms with Crippen LogP contribution < -0.4 is 5.32 Å². The number of ketones is 1. The summed E-state index contributed by atoms with van der Waals surface area (Å²) in [4.78, 5) is 35.6. The standard InChI is InChI=1S/C22H22N4O2.ClH/c1-14-8-9-18-20(25-17-7-5-6-16(12-17)15(2)27)19(13-23-21(18)24-14)22(28)26-10-3-4-11-26;/h5-9,12-13H,3-4,10-11H2,1-2H3,(H,23,24,25);1H. The Morgan fingerprint density at radius 1 is 1.10 bits per heavy atom. The van der Waals surface area contributed by atoms with Crippen LogP contribution in [0.1, 0.15) is 46.2 Å². The van der Waals surface area contributed by atoms with Gasteiger partial charge in [-0.15, -0.1) is 12.4 Å². The van der Waals surface area contributed by atoms with E-state index in [2.05, 4.69) is 15.3 Å². The van der Waals surface area contributed by atoms with E-state index in [1.807, 2.05) is 36.1 Å². The van der Waals surface area contributed by atoms with Crippen LogP contribution in [0.4, 0.5) is 11.4 Å². The molecule has 0 saturated carbocycles. The molecular weight excluding hydrogens is 388 g/mol. The van der Waals surface area contributed by atoms with Crippen LogP contribution in [0.3, 0.4) is 0 Å². The van der Waals surface area contributed by atoms with Crippen LogP contribution >= 0.6 is 12.4 Å². The summed E-state index contributed by atoms with van der Waals surface area (Å²) >= 11 is 0. The number of anilines is 2. The molecule has 1 N–H and O–H groups in total. The molecule has 2 aromatic heterocycles. The number of aryl methyl sites for hydroxylation is 1. The fraction of sp³-hybridized carbons (Fsp3) is 0.273. The molecule has 1 amide bonds. The highest BCUT2D eigenvalue weighted by atomic mass is 35.5. The molecule has 3 aromatic rings. The van der Waals surface area contributed by atoms with Gasteiger partial charge in [0.05, 0.1) is 11.3 Å². The Balaban J connectivity index is 0.00000240. The molecule has 7 heteroatoms. The number of halogens is 1. The summed E-state index contributed by atoms with van der Waals surface area (Å²) in [6.07, 6.45) is 3.65. The maximum absolute atomic E-state index is 13.1. The van der Waals surface area contributed by atoms with Gasteiger partial charge < -0.3 is 10.2 Å². The number of likely N-dealkylation sites (tertiary alicyclic amines) is 1. The van der Waals surface area contributed by atoms with E-state index in [1.165, 1.54) is 6.92 Å². The molecular formula is C22H23ClN4O2. The molecule has 0 aliphatic carbocycles. The number of nitrogens with zero attached hydrogens (tertiary/aromatic N) is 3. The molecule has 29 heavy (non-hydrogen) atoms. The summed E-state index contributed by atoms with van der Waals surface area (Å²) in [5.74, 6) is -0.0356.